The lowest BCUT2D eigenvalue weighted by Crippen LogP contribution is -2.13. The molecule has 0 bridgehead atoms. The molecule has 0 spiro atoms. The van der Waals surface area contributed by atoms with Crippen LogP contribution in [0.15, 0.2) is 4.47 Å². The van der Waals surface area contributed by atoms with Crippen molar-refractivity contribution in [1.29, 1.82) is 0 Å². The molecular weight excluding hydrogens is 318 g/mol. The molecule has 1 aliphatic carbocycles. The van der Waals surface area contributed by atoms with Crippen LogP contribution in [0.4, 0.5) is 5.82 Å². The minimum absolute atomic E-state index is 0.0783. The topological polar surface area (TPSA) is 47.0 Å². The zero-order chi connectivity index (χ0) is 14.5. The van der Waals surface area contributed by atoms with Crippen LogP contribution in [0.5, 0.6) is 0 Å². The molecule has 0 saturated heterocycles. The molecule has 112 valence electrons. The molecule has 1 aliphatic rings. The zero-order valence-electron chi connectivity index (χ0n) is 12.6. The number of hydrogen-bond donors (Lipinski definition) is 1. The summed E-state index contributed by atoms with van der Waals surface area (Å²) in [5.41, 5.74) is 1.15. The summed E-state index contributed by atoms with van der Waals surface area (Å²) in [6.07, 6.45) is 6.05. The van der Waals surface area contributed by atoms with E-state index in [1.54, 1.807) is 7.11 Å². The van der Waals surface area contributed by atoms with Gasteiger partial charge in [-0.3, -0.25) is 0 Å². The first-order valence-corrected chi connectivity index (χ1v) is 8.30. The molecule has 0 radical (unpaired) electrons. The number of anilines is 1. The molecular formula is C15H24BrN3O. The Hall–Kier alpha value is -0.680. The van der Waals surface area contributed by atoms with Gasteiger partial charge in [-0.15, -0.1) is 0 Å². The number of aromatic nitrogens is 2. The van der Waals surface area contributed by atoms with Crippen molar-refractivity contribution in [3.05, 3.63) is 16.0 Å². The number of nitrogens with zero attached hydrogens (tertiary/aromatic N) is 2. The number of rotatable bonds is 6. The molecule has 1 heterocycles. The smallest absolute Gasteiger partial charge is 0.159 e. The number of methoxy groups -OCH3 is 1. The Kier molecular flexibility index (Phi) is 5.78. The molecule has 1 N–H and O–H groups in total. The zero-order valence-corrected chi connectivity index (χ0v) is 14.2. The fraction of sp³-hybridized carbons (Fsp3) is 0.733. The minimum atomic E-state index is -0.0783. The summed E-state index contributed by atoms with van der Waals surface area (Å²) in [6, 6.07) is 0. The number of nitrogens with one attached hydrogen (secondary N) is 1. The second-order valence-electron chi connectivity index (χ2n) is 5.42. The van der Waals surface area contributed by atoms with E-state index in [9.17, 15) is 0 Å². The Morgan fingerprint density at radius 3 is 2.65 bits per heavy atom. The maximum absolute atomic E-state index is 5.39. The monoisotopic (exact) mass is 341 g/mol. The highest BCUT2D eigenvalue weighted by Gasteiger charge is 2.25. The van der Waals surface area contributed by atoms with Gasteiger partial charge < -0.3 is 10.1 Å². The molecule has 1 aromatic heterocycles. The van der Waals surface area contributed by atoms with E-state index in [1.807, 2.05) is 6.92 Å². The van der Waals surface area contributed by atoms with Gasteiger partial charge in [0.25, 0.3) is 0 Å². The number of ether oxygens (including phenoxy) is 1. The average molecular weight is 342 g/mol. The van der Waals surface area contributed by atoms with Crippen LogP contribution in [-0.4, -0.2) is 23.6 Å². The SMILES string of the molecule is CCCNc1nc(C(C)OC)nc(C2CCCC2)c1Br. The Morgan fingerprint density at radius 2 is 2.05 bits per heavy atom. The molecule has 2 rings (SSSR count). The lowest BCUT2D eigenvalue weighted by molar-refractivity contribution is 0.112. The van der Waals surface area contributed by atoms with Gasteiger partial charge in [0.2, 0.25) is 0 Å². The van der Waals surface area contributed by atoms with Gasteiger partial charge in [-0.2, -0.15) is 0 Å². The number of hydrogen-bond acceptors (Lipinski definition) is 4. The van der Waals surface area contributed by atoms with Crippen molar-refractivity contribution in [1.82, 2.24) is 9.97 Å². The molecule has 5 heteroatoms. The first-order chi connectivity index (χ1) is 9.67. The van der Waals surface area contributed by atoms with E-state index >= 15 is 0 Å². The molecule has 0 aromatic carbocycles. The fourth-order valence-corrected chi connectivity index (χ4v) is 3.24. The first kappa shape index (κ1) is 15.7. The Morgan fingerprint density at radius 1 is 1.35 bits per heavy atom. The van der Waals surface area contributed by atoms with Crippen LogP contribution in [0, 0.1) is 0 Å². The highest BCUT2D eigenvalue weighted by Crippen LogP contribution is 2.39. The van der Waals surface area contributed by atoms with Crippen LogP contribution in [0.2, 0.25) is 0 Å². The third-order valence-corrected chi connectivity index (χ3v) is 4.68. The minimum Gasteiger partial charge on any atom is -0.374 e. The summed E-state index contributed by atoms with van der Waals surface area (Å²) < 4.78 is 6.42. The molecule has 1 atom stereocenters. The van der Waals surface area contributed by atoms with E-state index in [4.69, 9.17) is 9.72 Å². The van der Waals surface area contributed by atoms with Crippen LogP contribution < -0.4 is 5.32 Å². The molecule has 20 heavy (non-hydrogen) atoms. The average Bonchev–Trinajstić information content (AvgIpc) is 2.99. The fourth-order valence-electron chi connectivity index (χ4n) is 2.60. The van der Waals surface area contributed by atoms with Crippen LogP contribution in [0.25, 0.3) is 0 Å². The van der Waals surface area contributed by atoms with Crippen molar-refractivity contribution >= 4 is 21.7 Å². The van der Waals surface area contributed by atoms with E-state index in [1.165, 1.54) is 25.7 Å². The van der Waals surface area contributed by atoms with E-state index < -0.39 is 0 Å². The van der Waals surface area contributed by atoms with E-state index in [2.05, 4.69) is 33.2 Å². The number of halogens is 1. The van der Waals surface area contributed by atoms with E-state index in [0.717, 1.165) is 34.8 Å². The largest absolute Gasteiger partial charge is 0.374 e. The Labute approximate surface area is 129 Å². The highest BCUT2D eigenvalue weighted by atomic mass is 79.9. The molecule has 4 nitrogen and oxygen atoms in total. The van der Waals surface area contributed by atoms with Crippen molar-refractivity contribution in [2.45, 2.75) is 58.0 Å². The predicted octanol–water partition coefficient (Wildman–Crippen LogP) is 4.43. The maximum atomic E-state index is 5.39. The maximum Gasteiger partial charge on any atom is 0.159 e. The van der Waals surface area contributed by atoms with Crippen molar-refractivity contribution in [3.63, 3.8) is 0 Å². The van der Waals surface area contributed by atoms with Gasteiger partial charge in [0.15, 0.2) is 5.82 Å². The molecule has 1 fully saturated rings. The van der Waals surface area contributed by atoms with Crippen LogP contribution >= 0.6 is 15.9 Å². The lowest BCUT2D eigenvalue weighted by Gasteiger charge is -2.18. The van der Waals surface area contributed by atoms with Gasteiger partial charge in [-0.25, -0.2) is 9.97 Å². The summed E-state index contributed by atoms with van der Waals surface area (Å²) in [4.78, 5) is 9.39. The van der Waals surface area contributed by atoms with Gasteiger partial charge in [-0.05, 0) is 42.1 Å². The van der Waals surface area contributed by atoms with Gasteiger partial charge in [0.05, 0.1) is 10.2 Å². The van der Waals surface area contributed by atoms with Crippen LogP contribution in [0.3, 0.4) is 0 Å². The van der Waals surface area contributed by atoms with Crippen LogP contribution in [0.1, 0.15) is 69.5 Å². The standard InChI is InChI=1S/C15H24BrN3O/c1-4-9-17-15-12(16)13(11-7-5-6-8-11)18-14(19-15)10(2)20-3/h10-11H,4-9H2,1-3H3,(H,17,18,19). The van der Waals surface area contributed by atoms with Gasteiger partial charge in [0.1, 0.15) is 11.9 Å². The summed E-state index contributed by atoms with van der Waals surface area (Å²) in [6.45, 7) is 5.06. The summed E-state index contributed by atoms with van der Waals surface area (Å²) in [7, 11) is 1.70. The van der Waals surface area contributed by atoms with Crippen molar-refractivity contribution in [2.75, 3.05) is 19.0 Å². The van der Waals surface area contributed by atoms with Gasteiger partial charge in [-0.1, -0.05) is 19.8 Å². The predicted molar refractivity (Wildman–Crippen MR) is 85.1 cm³/mol. The summed E-state index contributed by atoms with van der Waals surface area (Å²) >= 11 is 3.70. The van der Waals surface area contributed by atoms with E-state index in [-0.39, 0.29) is 6.10 Å². The van der Waals surface area contributed by atoms with E-state index in [0.29, 0.717) is 5.92 Å². The second kappa shape index (κ2) is 7.36. The molecule has 1 aromatic rings. The normalized spacial score (nSPS) is 17.4. The molecule has 1 unspecified atom stereocenters. The Balaban J connectivity index is 2.36. The third-order valence-electron chi connectivity index (χ3n) is 3.90. The van der Waals surface area contributed by atoms with Crippen molar-refractivity contribution in [3.8, 4) is 0 Å². The van der Waals surface area contributed by atoms with Gasteiger partial charge in [0, 0.05) is 19.6 Å². The summed E-state index contributed by atoms with van der Waals surface area (Å²) in [5, 5.41) is 3.39. The van der Waals surface area contributed by atoms with Crippen LogP contribution in [-0.2, 0) is 4.74 Å². The quantitative estimate of drug-likeness (QED) is 0.831. The third kappa shape index (κ3) is 3.50. The molecule has 0 amide bonds. The first-order valence-electron chi connectivity index (χ1n) is 7.51. The van der Waals surface area contributed by atoms with Gasteiger partial charge >= 0.3 is 0 Å². The molecule has 1 saturated carbocycles. The Bertz CT molecular complexity index is 447. The lowest BCUT2D eigenvalue weighted by atomic mass is 10.0. The summed E-state index contributed by atoms with van der Waals surface area (Å²) in [5.74, 6) is 2.23. The highest BCUT2D eigenvalue weighted by molar-refractivity contribution is 9.10. The second-order valence-corrected chi connectivity index (χ2v) is 6.21. The van der Waals surface area contributed by atoms with Crippen molar-refractivity contribution in [2.24, 2.45) is 0 Å². The van der Waals surface area contributed by atoms with Crippen molar-refractivity contribution < 1.29 is 4.74 Å². The molecule has 0 aliphatic heterocycles.